The predicted molar refractivity (Wildman–Crippen MR) is 465 cm³/mol. The molecule has 39 heteroatoms. The van der Waals surface area contributed by atoms with Gasteiger partial charge in [-0.15, -0.1) is 11.3 Å². The number of imidazole rings is 1. The molecule has 0 unspecified atom stereocenters. The molecule has 1 fully saturated rings. The Labute approximate surface area is 732 Å². The Morgan fingerprint density at radius 3 is 2.10 bits per heavy atom. The van der Waals surface area contributed by atoms with Crippen molar-refractivity contribution >= 4 is 99.6 Å². The molecular formula is C86H125N19O19S. The zero-order chi connectivity index (χ0) is 90.3. The minimum Gasteiger partial charge on any atom is -0.508 e. The summed E-state index contributed by atoms with van der Waals surface area (Å²) in [4.78, 5) is 171. The molecule has 16 N–H and O–H groups in total. The number of anilines is 2. The van der Waals surface area contributed by atoms with E-state index in [1.807, 2.05) is 63.9 Å². The number of aromatic hydroxyl groups is 1. The van der Waals surface area contributed by atoms with Gasteiger partial charge < -0.3 is 102 Å². The zero-order valence-electron chi connectivity index (χ0n) is 72.9. The van der Waals surface area contributed by atoms with E-state index in [-0.39, 0.29) is 183 Å². The van der Waals surface area contributed by atoms with Gasteiger partial charge in [0.15, 0.2) is 11.2 Å². The molecule has 3 aromatic carbocycles. The van der Waals surface area contributed by atoms with Crippen molar-refractivity contribution < 1.29 is 91.0 Å². The summed E-state index contributed by atoms with van der Waals surface area (Å²) in [6.07, 6.45) is 5.49. The van der Waals surface area contributed by atoms with Crippen molar-refractivity contribution in [3.8, 4) is 11.6 Å². The van der Waals surface area contributed by atoms with E-state index in [4.69, 9.17) is 49.6 Å². The number of hydrogen-bond donors (Lipinski definition) is 14. The molecule has 0 radical (unpaired) electrons. The Hall–Kier alpha value is -11.4. The highest BCUT2D eigenvalue weighted by molar-refractivity contribution is 7.09. The number of nitrogens with two attached hydrogens (primary N) is 2. The van der Waals surface area contributed by atoms with Crippen LogP contribution in [0.4, 0.5) is 26.0 Å². The number of carbonyl (C=O) groups excluding carboxylic acids is 11. The minimum absolute atomic E-state index is 0.00415. The maximum atomic E-state index is 14.9. The van der Waals surface area contributed by atoms with Gasteiger partial charge in [0.2, 0.25) is 53.2 Å². The Balaban J connectivity index is 0.671. The number of thiazole rings is 1. The number of hydrogen-bond acceptors (Lipinski definition) is 26. The quantitative estimate of drug-likeness (QED) is 0.0137. The van der Waals surface area contributed by atoms with Gasteiger partial charge in [-0.05, 0) is 141 Å². The summed E-state index contributed by atoms with van der Waals surface area (Å²) >= 11 is 1.29. The average Bonchev–Trinajstić information content (AvgIpc) is 1.20. The van der Waals surface area contributed by atoms with E-state index in [1.165, 1.54) is 29.8 Å². The highest BCUT2D eigenvalue weighted by Gasteiger charge is 2.40. The SMILES string of the molecule is CCCO[C@H](C[C@H](C(C)C)N(CCC)C(=O)[C@@H](NC(=O)[C@H]1CCCCN1C)[C@@H](C)CC)c1nc(C(=O)N[C@H]2Cc3ccc(O)cc3[C@H](C(=O)NNC(=O)OCCOCCOCCOCCNC(=O)OCc3ccc(NC(=O)[C@H](CCCNC(N)=O)NC(=O)[C@@H](NC(=O)CCCC(=O)NCc4ccc(COc5nc(N)nc6[nH]cnc56)cc4)C(C)C)cc3)C2)cs1. The Bertz CT molecular complexity index is 4480. The molecule has 125 heavy (non-hydrogen) atoms. The number of phenols is 1. The number of primary amides is 1. The smallest absolute Gasteiger partial charge is 0.426 e. The molecule has 9 atom stereocenters. The number of likely N-dealkylation sites (N-methyl/N-ethyl adjacent to an activating group) is 1. The first-order valence-corrected chi connectivity index (χ1v) is 43.8. The third-order valence-corrected chi connectivity index (χ3v) is 22.3. The topological polar surface area (TPSA) is 519 Å². The number of likely N-dealkylation sites (tertiary alicyclic amines) is 1. The van der Waals surface area contributed by atoms with Crippen LogP contribution >= 0.6 is 11.3 Å². The van der Waals surface area contributed by atoms with Gasteiger partial charge in [-0.2, -0.15) is 9.97 Å². The van der Waals surface area contributed by atoms with Gasteiger partial charge in [-0.1, -0.05) is 111 Å². The Morgan fingerprint density at radius 1 is 0.696 bits per heavy atom. The van der Waals surface area contributed by atoms with Crippen LogP contribution in [0.25, 0.3) is 11.2 Å². The van der Waals surface area contributed by atoms with Crippen molar-refractivity contribution in [3.63, 3.8) is 0 Å². The number of rotatable bonds is 51. The van der Waals surface area contributed by atoms with Crippen LogP contribution in [-0.4, -0.2) is 228 Å². The van der Waals surface area contributed by atoms with Gasteiger partial charge in [0, 0.05) is 75.2 Å². The summed E-state index contributed by atoms with van der Waals surface area (Å²) in [5.41, 5.74) is 20.7. The maximum Gasteiger partial charge on any atom is 0.426 e. The number of alkyl carbamates (subject to hydrolysis) is 1. The lowest BCUT2D eigenvalue weighted by Gasteiger charge is -2.40. The Morgan fingerprint density at radius 2 is 1.40 bits per heavy atom. The van der Waals surface area contributed by atoms with E-state index in [2.05, 4.69) is 92.1 Å². The fourth-order valence-corrected chi connectivity index (χ4v) is 15.2. The summed E-state index contributed by atoms with van der Waals surface area (Å²) < 4.78 is 39.5. The molecule has 38 nitrogen and oxygen atoms in total. The number of urea groups is 1. The van der Waals surface area contributed by atoms with E-state index >= 15 is 0 Å². The summed E-state index contributed by atoms with van der Waals surface area (Å²) in [7, 11) is 1.96. The number of nitrogens with zero attached hydrogens (tertiary/aromatic N) is 6. The van der Waals surface area contributed by atoms with Crippen LogP contribution in [0.2, 0.25) is 0 Å². The third-order valence-electron chi connectivity index (χ3n) is 21.3. The number of nitrogen functional groups attached to an aromatic ring is 1. The molecule has 12 amide bonds. The number of nitrogens with one attached hydrogen (secondary N) is 11. The number of H-pyrrole nitrogens is 1. The molecule has 6 aromatic rings. The van der Waals surface area contributed by atoms with Crippen LogP contribution in [0.3, 0.4) is 0 Å². The van der Waals surface area contributed by atoms with E-state index in [0.717, 1.165) is 43.4 Å². The summed E-state index contributed by atoms with van der Waals surface area (Å²) in [6.45, 7) is 18.8. The summed E-state index contributed by atoms with van der Waals surface area (Å²) in [5, 5.41) is 35.2. The zero-order valence-corrected chi connectivity index (χ0v) is 73.7. The number of benzene rings is 3. The molecule has 684 valence electrons. The third kappa shape index (κ3) is 32.6. The van der Waals surface area contributed by atoms with Crippen LogP contribution in [0.1, 0.15) is 194 Å². The molecular weight excluding hydrogens is 1640 g/mol. The molecule has 4 heterocycles. The van der Waals surface area contributed by atoms with Crippen molar-refractivity contribution in [1.29, 1.82) is 0 Å². The van der Waals surface area contributed by atoms with Crippen LogP contribution < -0.4 is 69.6 Å². The number of aromatic nitrogens is 5. The molecule has 1 saturated heterocycles. The monoisotopic (exact) mass is 1760 g/mol. The average molecular weight is 1760 g/mol. The van der Waals surface area contributed by atoms with Gasteiger partial charge in [0.05, 0.1) is 57.9 Å². The van der Waals surface area contributed by atoms with Gasteiger partial charge in [-0.25, -0.2) is 29.8 Å². The minimum atomic E-state index is -1.11. The first-order chi connectivity index (χ1) is 60.1. The molecule has 1 aliphatic carbocycles. The maximum absolute atomic E-state index is 14.9. The number of hydrazine groups is 1. The fourth-order valence-electron chi connectivity index (χ4n) is 14.4. The number of amides is 12. The van der Waals surface area contributed by atoms with E-state index < -0.39 is 89.9 Å². The highest BCUT2D eigenvalue weighted by Crippen LogP contribution is 2.36. The number of fused-ring (bicyclic) bond motifs is 2. The first-order valence-electron chi connectivity index (χ1n) is 43.0. The van der Waals surface area contributed by atoms with E-state index in [0.29, 0.717) is 77.4 Å². The number of ether oxygens (including phenoxy) is 7. The lowest BCUT2D eigenvalue weighted by Crippen LogP contribution is -2.58. The standard InChI is InChI=1S/C86H125N19O19S/c1-10-33-105(82(114)72(54(8)12-3)99-78(112)66-18-13-14-34-104(66)9)67(52(4)5)46-68(121-35-11-2)81-97-65(50-125-81)77(111)95-60-43-58-27-30-61(106)45-62(58)63(44-60)75(109)102-103-86(117)122-42-41-120-40-39-119-38-37-118-36-32-90-85(116)124-49-57-25-28-59(29-26-57)94-76(110)64(17-16-31-89-84(88)115)96-79(113)71(53(6)7)98-70(108)20-15-19-69(107)91-47-55-21-23-56(24-22-55)48-123-80-73-74(93-51-92-73)100-83(87)101-80/h21-30,45,50-54,60,63-64,66-68,71-72,106H,10-20,31-44,46-49H2,1-9H3,(H,90,116)(H,91,107)(H,94,110)(H,95,111)(H,96,113)(H,98,108)(H,99,112)(H,102,109)(H,103,117)(H3,88,89,115)(H3,87,92,93,100,101)/t54-,60-,63+,64-,66+,67+,68+,71-,72-/m0/s1. The van der Waals surface area contributed by atoms with Gasteiger partial charge in [-0.3, -0.25) is 48.7 Å². The van der Waals surface area contributed by atoms with Gasteiger partial charge in [0.25, 0.3) is 5.91 Å². The molecule has 1 aliphatic heterocycles. The van der Waals surface area contributed by atoms with Gasteiger partial charge in [0.1, 0.15) is 60.5 Å². The van der Waals surface area contributed by atoms with E-state index in [1.54, 1.807) is 49.6 Å². The van der Waals surface area contributed by atoms with Crippen LogP contribution in [0.5, 0.6) is 11.6 Å². The number of carbonyl (C=O) groups is 11. The highest BCUT2D eigenvalue weighted by atomic mass is 32.1. The lowest BCUT2D eigenvalue weighted by molar-refractivity contribution is -0.143. The summed E-state index contributed by atoms with van der Waals surface area (Å²) in [6, 6.07) is 13.8. The lowest BCUT2D eigenvalue weighted by atomic mass is 9.79. The van der Waals surface area contributed by atoms with Crippen molar-refractivity contribution in [2.75, 3.05) is 97.1 Å². The Kier molecular flexibility index (Phi) is 41.0. The van der Waals surface area contributed by atoms with Crippen LogP contribution in [-0.2, 0) is 88.2 Å². The molecule has 0 spiro atoms. The van der Waals surface area contributed by atoms with E-state index in [9.17, 15) is 57.8 Å². The van der Waals surface area contributed by atoms with Crippen molar-refractivity contribution in [2.45, 2.75) is 213 Å². The summed E-state index contributed by atoms with van der Waals surface area (Å²) in [5.74, 6) is -4.45. The second-order valence-corrected chi connectivity index (χ2v) is 32.6. The predicted octanol–water partition coefficient (Wildman–Crippen LogP) is 6.87. The largest absolute Gasteiger partial charge is 0.508 e. The molecule has 0 bridgehead atoms. The van der Waals surface area contributed by atoms with Crippen molar-refractivity contribution in [1.82, 2.24) is 82.8 Å². The van der Waals surface area contributed by atoms with Crippen molar-refractivity contribution in [3.05, 3.63) is 117 Å². The van der Waals surface area contributed by atoms with Crippen molar-refractivity contribution in [2.24, 2.45) is 23.5 Å². The van der Waals surface area contributed by atoms with Crippen LogP contribution in [0, 0.1) is 17.8 Å². The molecule has 0 saturated carbocycles. The first kappa shape index (κ1) is 99.0. The normalized spacial score (nSPS) is 15.9. The fraction of sp³-hybridized carbons (Fsp3) is 0.570. The number of aromatic amines is 1. The second kappa shape index (κ2) is 51.8. The molecule has 8 rings (SSSR count). The van der Waals surface area contributed by atoms with Gasteiger partial charge >= 0.3 is 18.2 Å². The number of phenolic OH excluding ortho intramolecular Hbond substituents is 1. The molecule has 2 aliphatic rings. The number of piperidine rings is 1. The molecule has 3 aromatic heterocycles. The van der Waals surface area contributed by atoms with Crippen LogP contribution in [0.15, 0.2) is 78.4 Å². The second-order valence-electron chi connectivity index (χ2n) is 31.7.